The Kier molecular flexibility index (Phi) is 7.17. The minimum absolute atomic E-state index is 0.269. The maximum Gasteiger partial charge on any atom is 0.152 e. The molecule has 4 aromatic rings. The largest absolute Gasteiger partial charge is 0.378 e. The number of pyridine rings is 2. The highest BCUT2D eigenvalue weighted by atomic mass is 32.2. The lowest BCUT2D eigenvalue weighted by Crippen LogP contribution is -2.40. The Hall–Kier alpha value is -3.43. The fourth-order valence-corrected chi connectivity index (χ4v) is 6.08. The molecule has 4 heterocycles. The average Bonchev–Trinajstić information content (AvgIpc) is 3.27. The Bertz CT molecular complexity index is 1480. The van der Waals surface area contributed by atoms with Gasteiger partial charge in [-0.3, -0.25) is 0 Å². The summed E-state index contributed by atoms with van der Waals surface area (Å²) < 4.78 is 25.7. The van der Waals surface area contributed by atoms with Crippen LogP contribution in [-0.4, -0.2) is 80.1 Å². The summed E-state index contributed by atoms with van der Waals surface area (Å²) in [4.78, 5) is 13.9. The highest BCUT2D eigenvalue weighted by molar-refractivity contribution is 7.91. The van der Waals surface area contributed by atoms with Crippen LogP contribution < -0.4 is 10.2 Å². The molecule has 1 N–H and O–H groups in total. The van der Waals surface area contributed by atoms with E-state index in [9.17, 15) is 8.42 Å². The number of hydrogen-bond acceptors (Lipinski definition) is 7. The average molecular weight is 519 g/mol. The van der Waals surface area contributed by atoms with Crippen molar-refractivity contribution < 1.29 is 8.42 Å². The third-order valence-corrected chi connectivity index (χ3v) is 8.64. The number of anilines is 2. The molecule has 194 valence electrons. The van der Waals surface area contributed by atoms with E-state index in [4.69, 9.17) is 4.98 Å². The molecule has 0 radical (unpaired) electrons. The third kappa shape index (κ3) is 5.62. The SMILES string of the molecule is CNc1ccc(-c2ccc3c(CCCN4CCS(=O)(=O)CC4)cn(-c4cccc(N(C)C)c4)c3n2)cn1. The summed E-state index contributed by atoms with van der Waals surface area (Å²) in [5, 5.41) is 4.20. The van der Waals surface area contributed by atoms with Crippen LogP contribution >= 0.6 is 0 Å². The van der Waals surface area contributed by atoms with E-state index in [2.05, 4.69) is 67.3 Å². The molecule has 5 rings (SSSR count). The predicted octanol–water partition coefficient (Wildman–Crippen LogP) is 3.86. The normalized spacial score (nSPS) is 15.6. The van der Waals surface area contributed by atoms with E-state index >= 15 is 0 Å². The summed E-state index contributed by atoms with van der Waals surface area (Å²) in [6.45, 7) is 2.16. The van der Waals surface area contributed by atoms with Gasteiger partial charge in [0.15, 0.2) is 9.84 Å². The maximum absolute atomic E-state index is 11.8. The zero-order chi connectivity index (χ0) is 26.0. The lowest BCUT2D eigenvalue weighted by Gasteiger charge is -2.26. The van der Waals surface area contributed by atoms with Crippen LogP contribution in [0.2, 0.25) is 0 Å². The maximum atomic E-state index is 11.8. The second-order valence-corrected chi connectivity index (χ2v) is 12.1. The van der Waals surface area contributed by atoms with Crippen molar-refractivity contribution in [3.63, 3.8) is 0 Å². The number of hydrogen-bond donors (Lipinski definition) is 1. The molecule has 1 fully saturated rings. The van der Waals surface area contributed by atoms with Crippen LogP contribution in [0.15, 0.2) is 60.9 Å². The molecule has 0 amide bonds. The molecule has 9 heteroatoms. The molecule has 1 aliphatic rings. The van der Waals surface area contributed by atoms with Crippen molar-refractivity contribution in [3.05, 3.63) is 66.5 Å². The molecule has 37 heavy (non-hydrogen) atoms. The number of rotatable bonds is 8. The fourth-order valence-electron chi connectivity index (χ4n) is 4.81. The van der Waals surface area contributed by atoms with Crippen molar-refractivity contribution in [2.75, 3.05) is 62.5 Å². The number of aryl methyl sites for hydroxylation is 1. The van der Waals surface area contributed by atoms with Crippen LogP contribution in [0.4, 0.5) is 11.5 Å². The molecule has 0 aliphatic carbocycles. The summed E-state index contributed by atoms with van der Waals surface area (Å²) in [7, 11) is 3.09. The molecule has 3 aromatic heterocycles. The predicted molar refractivity (Wildman–Crippen MR) is 152 cm³/mol. The number of benzene rings is 1. The van der Waals surface area contributed by atoms with E-state index < -0.39 is 9.84 Å². The van der Waals surface area contributed by atoms with Gasteiger partial charge in [0.2, 0.25) is 0 Å². The van der Waals surface area contributed by atoms with Crippen molar-refractivity contribution in [2.45, 2.75) is 12.8 Å². The molecule has 0 saturated carbocycles. The van der Waals surface area contributed by atoms with Crippen molar-refractivity contribution in [1.29, 1.82) is 0 Å². The van der Waals surface area contributed by atoms with Crippen molar-refractivity contribution in [2.24, 2.45) is 0 Å². The van der Waals surface area contributed by atoms with Gasteiger partial charge >= 0.3 is 0 Å². The first-order valence-electron chi connectivity index (χ1n) is 12.7. The Morgan fingerprint density at radius 2 is 1.86 bits per heavy atom. The van der Waals surface area contributed by atoms with Gasteiger partial charge in [0.25, 0.3) is 0 Å². The molecule has 0 spiro atoms. The van der Waals surface area contributed by atoms with E-state index in [0.717, 1.165) is 58.9 Å². The highest BCUT2D eigenvalue weighted by Crippen LogP contribution is 2.29. The summed E-state index contributed by atoms with van der Waals surface area (Å²) in [5.41, 5.74) is 6.22. The van der Waals surface area contributed by atoms with Crippen LogP contribution in [0.1, 0.15) is 12.0 Å². The van der Waals surface area contributed by atoms with E-state index in [-0.39, 0.29) is 11.5 Å². The van der Waals surface area contributed by atoms with Gasteiger partial charge in [-0.05, 0) is 67.4 Å². The minimum Gasteiger partial charge on any atom is -0.378 e. The fraction of sp³-hybridized carbons (Fsp3) is 0.357. The summed E-state index contributed by atoms with van der Waals surface area (Å²) in [6, 6.07) is 16.7. The number of nitrogens with zero attached hydrogens (tertiary/aromatic N) is 5. The minimum atomic E-state index is -2.85. The molecule has 8 nitrogen and oxygen atoms in total. The molecule has 1 saturated heterocycles. The van der Waals surface area contributed by atoms with Crippen LogP contribution in [-0.2, 0) is 16.3 Å². The van der Waals surface area contributed by atoms with E-state index in [1.165, 1.54) is 5.56 Å². The first-order valence-corrected chi connectivity index (χ1v) is 14.5. The monoisotopic (exact) mass is 518 g/mol. The first-order chi connectivity index (χ1) is 17.8. The van der Waals surface area contributed by atoms with Gasteiger partial charge in [0.05, 0.1) is 17.2 Å². The second kappa shape index (κ2) is 10.5. The number of aromatic nitrogens is 3. The molecule has 1 aliphatic heterocycles. The van der Waals surface area contributed by atoms with Crippen molar-refractivity contribution >= 4 is 32.4 Å². The molecular formula is C28H34N6O2S. The number of nitrogens with one attached hydrogen (secondary N) is 1. The van der Waals surface area contributed by atoms with Crippen LogP contribution in [0.25, 0.3) is 28.0 Å². The van der Waals surface area contributed by atoms with Gasteiger partial charge in [-0.25, -0.2) is 18.4 Å². The van der Waals surface area contributed by atoms with E-state index in [0.29, 0.717) is 13.1 Å². The van der Waals surface area contributed by atoms with Crippen molar-refractivity contribution in [1.82, 2.24) is 19.4 Å². The zero-order valence-corrected chi connectivity index (χ0v) is 22.5. The standard InChI is InChI=1S/C28H34N6O2S/c1-29-27-12-9-21(19-30-27)26-11-10-25-22(6-5-13-33-14-16-37(35,36)17-15-33)20-34(28(25)31-26)24-8-4-7-23(18-24)32(2)3/h4,7-12,18-20H,5-6,13-17H2,1-3H3,(H,29,30). The molecule has 0 atom stereocenters. The summed E-state index contributed by atoms with van der Waals surface area (Å²) >= 11 is 0. The van der Waals surface area contributed by atoms with Gasteiger partial charge in [-0.1, -0.05) is 6.07 Å². The summed E-state index contributed by atoms with van der Waals surface area (Å²) in [6.07, 6.45) is 5.92. The van der Waals surface area contributed by atoms with E-state index in [1.54, 1.807) is 0 Å². The van der Waals surface area contributed by atoms with Gasteiger partial charge in [0.1, 0.15) is 11.5 Å². The zero-order valence-electron chi connectivity index (χ0n) is 21.7. The third-order valence-electron chi connectivity index (χ3n) is 7.03. The second-order valence-electron chi connectivity index (χ2n) is 9.79. The lowest BCUT2D eigenvalue weighted by atomic mass is 10.1. The first kappa shape index (κ1) is 25.2. The summed E-state index contributed by atoms with van der Waals surface area (Å²) in [5.74, 6) is 1.36. The lowest BCUT2D eigenvalue weighted by molar-refractivity contribution is 0.292. The van der Waals surface area contributed by atoms with E-state index in [1.807, 2.05) is 39.5 Å². The van der Waals surface area contributed by atoms with Crippen molar-refractivity contribution in [3.8, 4) is 16.9 Å². The van der Waals surface area contributed by atoms with Gasteiger partial charge in [-0.15, -0.1) is 0 Å². The van der Waals surface area contributed by atoms with Crippen LogP contribution in [0.5, 0.6) is 0 Å². The Balaban J connectivity index is 1.47. The Morgan fingerprint density at radius 1 is 1.05 bits per heavy atom. The molecular weight excluding hydrogens is 484 g/mol. The van der Waals surface area contributed by atoms with Crippen LogP contribution in [0, 0.1) is 0 Å². The molecule has 1 aromatic carbocycles. The van der Waals surface area contributed by atoms with Crippen LogP contribution in [0.3, 0.4) is 0 Å². The number of fused-ring (bicyclic) bond motifs is 1. The van der Waals surface area contributed by atoms with Gasteiger partial charge in [0, 0.05) is 69.0 Å². The Labute approximate surface area is 218 Å². The number of sulfone groups is 1. The Morgan fingerprint density at radius 3 is 2.57 bits per heavy atom. The highest BCUT2D eigenvalue weighted by Gasteiger charge is 2.21. The quantitative estimate of drug-likeness (QED) is 0.379. The van der Waals surface area contributed by atoms with Gasteiger partial charge in [-0.2, -0.15) is 0 Å². The molecule has 0 unspecified atom stereocenters. The smallest absolute Gasteiger partial charge is 0.152 e. The molecule has 0 bridgehead atoms. The van der Waals surface area contributed by atoms with Gasteiger partial charge < -0.3 is 19.7 Å². The topological polar surface area (TPSA) is 83.4 Å².